The maximum atomic E-state index is 12.6. The molecule has 1 aromatic rings. The molecule has 0 spiro atoms. The van der Waals surface area contributed by atoms with Crippen LogP contribution in [0.4, 0.5) is 5.69 Å². The summed E-state index contributed by atoms with van der Waals surface area (Å²) in [6.45, 7) is 1.72. The Morgan fingerprint density at radius 2 is 2.13 bits per heavy atom. The molecule has 0 aromatic heterocycles. The lowest BCUT2D eigenvalue weighted by atomic mass is 10.1. The monoisotopic (exact) mass is 379 g/mol. The fourth-order valence-electron chi connectivity index (χ4n) is 2.50. The minimum atomic E-state index is -0.642. The maximum Gasteiger partial charge on any atom is 0.239 e. The summed E-state index contributed by atoms with van der Waals surface area (Å²) in [5.41, 5.74) is 0.562. The number of rotatable bonds is 5. The largest absolute Gasteiger partial charge is 0.344 e. The van der Waals surface area contributed by atoms with Crippen LogP contribution in [0, 0.1) is 5.92 Å². The second-order valence-corrected chi connectivity index (χ2v) is 6.13. The van der Waals surface area contributed by atoms with Crippen molar-refractivity contribution in [3.05, 3.63) is 28.2 Å². The molecule has 1 saturated heterocycles. The number of amides is 2. The molecule has 0 bridgehead atoms. The Morgan fingerprint density at radius 1 is 1.43 bits per heavy atom. The fraction of sp³-hybridized carbons (Fsp3) is 0.467. The summed E-state index contributed by atoms with van der Waals surface area (Å²) in [5.74, 6) is -1.01. The topological polar surface area (TPSA) is 52.7 Å². The van der Waals surface area contributed by atoms with Crippen molar-refractivity contribution in [1.82, 2.24) is 10.2 Å². The van der Waals surface area contributed by atoms with E-state index in [0.717, 1.165) is 0 Å². The number of benzene rings is 1. The van der Waals surface area contributed by atoms with Crippen molar-refractivity contribution in [2.24, 2.45) is 5.92 Å². The van der Waals surface area contributed by atoms with Crippen LogP contribution in [0.3, 0.4) is 0 Å². The lowest BCUT2D eigenvalue weighted by Crippen LogP contribution is -2.40. The highest BCUT2D eigenvalue weighted by atomic mass is 35.5. The molecular formula is C15H20Cl3N3O2. The maximum absolute atomic E-state index is 12.6. The van der Waals surface area contributed by atoms with Gasteiger partial charge in [-0.2, -0.15) is 0 Å². The molecule has 1 aliphatic rings. The Labute approximate surface area is 152 Å². The standard InChI is InChI=1S/C15H19Cl2N3O2.ClH/c1-18-6-8-19(2)14(21)11-5-7-20(15(11)22)13-9-10(16)3-4-12(13)17;/h3-4,9,11,18H,5-8H2,1-2H3;1H. The summed E-state index contributed by atoms with van der Waals surface area (Å²) in [4.78, 5) is 28.1. The van der Waals surface area contributed by atoms with E-state index < -0.39 is 5.92 Å². The second-order valence-electron chi connectivity index (χ2n) is 5.29. The molecule has 2 rings (SSSR count). The van der Waals surface area contributed by atoms with Gasteiger partial charge in [0.2, 0.25) is 11.8 Å². The molecule has 1 atom stereocenters. The molecule has 5 nitrogen and oxygen atoms in total. The molecule has 128 valence electrons. The Hall–Kier alpha value is -1.01. The summed E-state index contributed by atoms with van der Waals surface area (Å²) in [6, 6.07) is 4.97. The molecule has 0 aliphatic carbocycles. The van der Waals surface area contributed by atoms with E-state index in [1.54, 1.807) is 35.0 Å². The van der Waals surface area contributed by atoms with E-state index in [-0.39, 0.29) is 24.2 Å². The third-order valence-corrected chi connectivity index (χ3v) is 4.33. The van der Waals surface area contributed by atoms with E-state index >= 15 is 0 Å². The average Bonchev–Trinajstić information content (AvgIpc) is 2.88. The zero-order valence-corrected chi connectivity index (χ0v) is 15.3. The lowest BCUT2D eigenvalue weighted by Gasteiger charge is -2.21. The molecule has 23 heavy (non-hydrogen) atoms. The highest BCUT2D eigenvalue weighted by Crippen LogP contribution is 2.33. The van der Waals surface area contributed by atoms with Crippen molar-refractivity contribution in [3.8, 4) is 0 Å². The van der Waals surface area contributed by atoms with Crippen LogP contribution in [0.15, 0.2) is 18.2 Å². The number of nitrogens with one attached hydrogen (secondary N) is 1. The summed E-state index contributed by atoms with van der Waals surface area (Å²) in [5, 5.41) is 3.94. The van der Waals surface area contributed by atoms with E-state index in [1.807, 2.05) is 7.05 Å². The van der Waals surface area contributed by atoms with E-state index in [9.17, 15) is 9.59 Å². The van der Waals surface area contributed by atoms with Gasteiger partial charge in [0.05, 0.1) is 10.7 Å². The fourth-order valence-corrected chi connectivity index (χ4v) is 2.88. The number of likely N-dealkylation sites (N-methyl/N-ethyl adjacent to an activating group) is 2. The summed E-state index contributed by atoms with van der Waals surface area (Å²) >= 11 is 12.1. The van der Waals surface area contributed by atoms with Crippen molar-refractivity contribution >= 4 is 53.1 Å². The lowest BCUT2D eigenvalue weighted by molar-refractivity contribution is -0.138. The smallest absolute Gasteiger partial charge is 0.239 e. The van der Waals surface area contributed by atoms with Crippen LogP contribution in [-0.4, -0.2) is 50.4 Å². The van der Waals surface area contributed by atoms with Crippen molar-refractivity contribution in [2.75, 3.05) is 38.6 Å². The first kappa shape index (κ1) is 20.0. The Bertz CT molecular complexity index is 583. The third kappa shape index (κ3) is 4.51. The van der Waals surface area contributed by atoms with Gasteiger partial charge in [0.25, 0.3) is 0 Å². The van der Waals surface area contributed by atoms with Crippen molar-refractivity contribution in [2.45, 2.75) is 6.42 Å². The SMILES string of the molecule is CNCCN(C)C(=O)C1CCN(c2cc(Cl)ccc2Cl)C1=O.Cl. The van der Waals surface area contributed by atoms with Crippen LogP contribution in [0.5, 0.6) is 0 Å². The van der Waals surface area contributed by atoms with Gasteiger partial charge in [0, 0.05) is 31.7 Å². The predicted molar refractivity (Wildman–Crippen MR) is 95.7 cm³/mol. The molecule has 1 fully saturated rings. The second kappa shape index (κ2) is 8.73. The van der Waals surface area contributed by atoms with Gasteiger partial charge < -0.3 is 15.1 Å². The number of hydrogen-bond donors (Lipinski definition) is 1. The van der Waals surface area contributed by atoms with E-state index in [0.29, 0.717) is 41.8 Å². The van der Waals surface area contributed by atoms with Crippen LogP contribution in [0.1, 0.15) is 6.42 Å². The normalized spacial score (nSPS) is 17.1. The van der Waals surface area contributed by atoms with Gasteiger partial charge in [0.1, 0.15) is 5.92 Å². The predicted octanol–water partition coefficient (Wildman–Crippen LogP) is 2.45. The minimum absolute atomic E-state index is 0. The minimum Gasteiger partial charge on any atom is -0.344 e. The molecule has 1 aromatic carbocycles. The average molecular weight is 381 g/mol. The Kier molecular flexibility index (Phi) is 7.61. The van der Waals surface area contributed by atoms with Gasteiger partial charge in [-0.3, -0.25) is 9.59 Å². The van der Waals surface area contributed by atoms with Gasteiger partial charge >= 0.3 is 0 Å². The van der Waals surface area contributed by atoms with Crippen molar-refractivity contribution < 1.29 is 9.59 Å². The molecule has 2 amide bonds. The number of hydrogen-bond acceptors (Lipinski definition) is 3. The van der Waals surface area contributed by atoms with Crippen molar-refractivity contribution in [1.29, 1.82) is 0 Å². The van der Waals surface area contributed by atoms with Crippen LogP contribution < -0.4 is 10.2 Å². The summed E-state index contributed by atoms with van der Waals surface area (Å²) in [7, 11) is 3.53. The quantitative estimate of drug-likeness (QED) is 0.798. The van der Waals surface area contributed by atoms with E-state index in [2.05, 4.69) is 5.32 Å². The van der Waals surface area contributed by atoms with Gasteiger partial charge in [-0.25, -0.2) is 0 Å². The number of halogens is 3. The first-order valence-electron chi connectivity index (χ1n) is 7.11. The molecule has 1 unspecified atom stereocenters. The molecular weight excluding hydrogens is 361 g/mol. The first-order valence-corrected chi connectivity index (χ1v) is 7.87. The zero-order valence-electron chi connectivity index (χ0n) is 13.0. The molecule has 1 heterocycles. The molecule has 1 aliphatic heterocycles. The van der Waals surface area contributed by atoms with Gasteiger partial charge in [-0.1, -0.05) is 23.2 Å². The number of carbonyl (C=O) groups is 2. The number of anilines is 1. The summed E-state index contributed by atoms with van der Waals surface area (Å²) < 4.78 is 0. The van der Waals surface area contributed by atoms with Crippen LogP contribution in [-0.2, 0) is 9.59 Å². The van der Waals surface area contributed by atoms with Crippen LogP contribution >= 0.6 is 35.6 Å². The molecule has 0 saturated carbocycles. The zero-order chi connectivity index (χ0) is 16.3. The molecule has 1 N–H and O–H groups in total. The Morgan fingerprint density at radius 3 is 2.78 bits per heavy atom. The van der Waals surface area contributed by atoms with E-state index in [4.69, 9.17) is 23.2 Å². The van der Waals surface area contributed by atoms with Gasteiger partial charge in [-0.05, 0) is 31.7 Å². The number of carbonyl (C=O) groups excluding carboxylic acids is 2. The number of nitrogens with zero attached hydrogens (tertiary/aromatic N) is 2. The first-order chi connectivity index (χ1) is 10.5. The van der Waals surface area contributed by atoms with Crippen LogP contribution in [0.2, 0.25) is 10.0 Å². The van der Waals surface area contributed by atoms with Gasteiger partial charge in [0.15, 0.2) is 0 Å². The third-order valence-electron chi connectivity index (χ3n) is 3.78. The van der Waals surface area contributed by atoms with Crippen molar-refractivity contribution in [3.63, 3.8) is 0 Å². The van der Waals surface area contributed by atoms with Crippen LogP contribution in [0.25, 0.3) is 0 Å². The molecule has 8 heteroatoms. The van der Waals surface area contributed by atoms with Gasteiger partial charge in [-0.15, -0.1) is 12.4 Å². The highest BCUT2D eigenvalue weighted by molar-refractivity contribution is 6.36. The van der Waals surface area contributed by atoms with E-state index in [1.165, 1.54) is 0 Å². The highest BCUT2D eigenvalue weighted by Gasteiger charge is 2.39. The Balaban J connectivity index is 0.00000264. The molecule has 0 radical (unpaired) electrons. The summed E-state index contributed by atoms with van der Waals surface area (Å²) in [6.07, 6.45) is 0.490.